The first-order chi connectivity index (χ1) is 7.16. The molecule has 1 atom stereocenters. The number of anilines is 1. The lowest BCUT2D eigenvalue weighted by Gasteiger charge is -2.16. The van der Waals surface area contributed by atoms with E-state index in [1.807, 2.05) is 6.07 Å². The quantitative estimate of drug-likeness (QED) is 0.866. The van der Waals surface area contributed by atoms with Crippen molar-refractivity contribution >= 4 is 21.6 Å². The van der Waals surface area contributed by atoms with Crippen molar-refractivity contribution in [3.05, 3.63) is 28.5 Å². The van der Waals surface area contributed by atoms with Gasteiger partial charge in [-0.05, 0) is 47.3 Å². The van der Waals surface area contributed by atoms with Crippen LogP contribution in [0.2, 0.25) is 0 Å². The molecule has 82 valence electrons. The minimum atomic E-state index is -0.188. The third-order valence-electron chi connectivity index (χ3n) is 2.74. The van der Waals surface area contributed by atoms with Crippen LogP contribution in [0.15, 0.2) is 22.7 Å². The standard InChI is InChI=1S/C12H15BrFN/c1-8(7-9-5-6-9)15-12-10(13)3-2-4-11(12)14/h2-4,8-9,15H,5-7H2,1H3. The highest BCUT2D eigenvalue weighted by Crippen LogP contribution is 2.35. The molecule has 0 spiro atoms. The minimum absolute atomic E-state index is 0.188. The number of nitrogens with one attached hydrogen (secondary N) is 1. The Kier molecular flexibility index (Phi) is 3.29. The minimum Gasteiger partial charge on any atom is -0.379 e. The van der Waals surface area contributed by atoms with Gasteiger partial charge in [0.25, 0.3) is 0 Å². The van der Waals surface area contributed by atoms with Gasteiger partial charge in [-0.1, -0.05) is 18.9 Å². The second-order valence-electron chi connectivity index (χ2n) is 4.32. The van der Waals surface area contributed by atoms with Gasteiger partial charge in [0.2, 0.25) is 0 Å². The maximum absolute atomic E-state index is 13.5. The van der Waals surface area contributed by atoms with Crippen molar-refractivity contribution in [2.45, 2.75) is 32.2 Å². The summed E-state index contributed by atoms with van der Waals surface area (Å²) in [5, 5.41) is 3.23. The lowest BCUT2D eigenvalue weighted by atomic mass is 10.1. The van der Waals surface area contributed by atoms with Gasteiger partial charge >= 0.3 is 0 Å². The van der Waals surface area contributed by atoms with E-state index in [-0.39, 0.29) is 5.82 Å². The Morgan fingerprint density at radius 3 is 2.87 bits per heavy atom. The summed E-state index contributed by atoms with van der Waals surface area (Å²) in [6, 6.07) is 5.38. The van der Waals surface area contributed by atoms with Crippen LogP contribution in [-0.2, 0) is 0 Å². The first-order valence-corrected chi connectivity index (χ1v) is 6.16. The highest BCUT2D eigenvalue weighted by molar-refractivity contribution is 9.10. The Morgan fingerprint density at radius 2 is 2.27 bits per heavy atom. The van der Waals surface area contributed by atoms with E-state index in [9.17, 15) is 4.39 Å². The van der Waals surface area contributed by atoms with Gasteiger partial charge in [-0.25, -0.2) is 4.39 Å². The first-order valence-electron chi connectivity index (χ1n) is 5.37. The maximum Gasteiger partial charge on any atom is 0.147 e. The van der Waals surface area contributed by atoms with Crippen molar-refractivity contribution in [1.29, 1.82) is 0 Å². The number of para-hydroxylation sites is 1. The molecule has 2 rings (SSSR count). The molecule has 1 saturated carbocycles. The van der Waals surface area contributed by atoms with E-state index >= 15 is 0 Å². The number of halogens is 2. The van der Waals surface area contributed by atoms with E-state index in [2.05, 4.69) is 28.2 Å². The summed E-state index contributed by atoms with van der Waals surface area (Å²) < 4.78 is 14.3. The van der Waals surface area contributed by atoms with Crippen molar-refractivity contribution in [2.75, 3.05) is 5.32 Å². The number of benzene rings is 1. The maximum atomic E-state index is 13.5. The van der Waals surface area contributed by atoms with Crippen LogP contribution in [0.1, 0.15) is 26.2 Å². The summed E-state index contributed by atoms with van der Waals surface area (Å²) in [6.07, 6.45) is 3.82. The van der Waals surface area contributed by atoms with Crippen LogP contribution in [0.4, 0.5) is 10.1 Å². The Hall–Kier alpha value is -0.570. The molecule has 0 saturated heterocycles. The fourth-order valence-electron chi connectivity index (χ4n) is 1.79. The zero-order valence-corrected chi connectivity index (χ0v) is 10.3. The molecule has 1 aliphatic carbocycles. The molecule has 1 nitrogen and oxygen atoms in total. The van der Waals surface area contributed by atoms with Gasteiger partial charge in [0.1, 0.15) is 5.82 Å². The van der Waals surface area contributed by atoms with E-state index in [1.54, 1.807) is 6.07 Å². The van der Waals surface area contributed by atoms with Crippen LogP contribution >= 0.6 is 15.9 Å². The number of hydrogen-bond acceptors (Lipinski definition) is 1. The fourth-order valence-corrected chi connectivity index (χ4v) is 2.25. The summed E-state index contributed by atoms with van der Waals surface area (Å²) >= 11 is 3.35. The Morgan fingerprint density at radius 1 is 1.53 bits per heavy atom. The van der Waals surface area contributed by atoms with Gasteiger partial charge in [0.05, 0.1) is 5.69 Å². The molecule has 0 bridgehead atoms. The van der Waals surface area contributed by atoms with Crippen molar-refractivity contribution in [3.63, 3.8) is 0 Å². The van der Waals surface area contributed by atoms with Gasteiger partial charge in [0.15, 0.2) is 0 Å². The van der Waals surface area contributed by atoms with E-state index in [0.29, 0.717) is 11.7 Å². The third-order valence-corrected chi connectivity index (χ3v) is 3.40. The van der Waals surface area contributed by atoms with Gasteiger partial charge in [0, 0.05) is 10.5 Å². The molecule has 0 amide bonds. The van der Waals surface area contributed by atoms with Crippen molar-refractivity contribution < 1.29 is 4.39 Å². The molecule has 0 aliphatic heterocycles. The Bertz CT molecular complexity index is 329. The van der Waals surface area contributed by atoms with E-state index in [1.165, 1.54) is 18.9 Å². The smallest absolute Gasteiger partial charge is 0.147 e. The Labute approximate surface area is 98.2 Å². The van der Waals surface area contributed by atoms with Crippen LogP contribution in [0, 0.1) is 11.7 Å². The first kappa shape index (κ1) is 10.9. The molecule has 0 heterocycles. The van der Waals surface area contributed by atoms with Crippen molar-refractivity contribution in [3.8, 4) is 0 Å². The molecule has 0 radical (unpaired) electrons. The summed E-state index contributed by atoms with van der Waals surface area (Å²) in [5.41, 5.74) is 0.589. The lowest BCUT2D eigenvalue weighted by Crippen LogP contribution is -2.17. The third kappa shape index (κ3) is 2.94. The van der Waals surface area contributed by atoms with E-state index < -0.39 is 0 Å². The summed E-state index contributed by atoms with van der Waals surface area (Å²) in [7, 11) is 0. The molecule has 1 fully saturated rings. The molecule has 1 unspecified atom stereocenters. The zero-order valence-electron chi connectivity index (χ0n) is 8.76. The molecular formula is C12H15BrFN. The van der Waals surface area contributed by atoms with Crippen LogP contribution in [0.25, 0.3) is 0 Å². The average Bonchev–Trinajstić information content (AvgIpc) is 2.95. The van der Waals surface area contributed by atoms with Crippen LogP contribution in [0.5, 0.6) is 0 Å². The van der Waals surface area contributed by atoms with Gasteiger partial charge in [-0.15, -0.1) is 0 Å². The normalized spacial score (nSPS) is 17.5. The molecule has 0 aromatic heterocycles. The van der Waals surface area contributed by atoms with Crippen LogP contribution < -0.4 is 5.32 Å². The number of rotatable bonds is 4. The van der Waals surface area contributed by atoms with Crippen molar-refractivity contribution in [2.24, 2.45) is 5.92 Å². The number of hydrogen-bond donors (Lipinski definition) is 1. The highest BCUT2D eigenvalue weighted by atomic mass is 79.9. The summed E-state index contributed by atoms with van der Waals surface area (Å²) in [5.74, 6) is 0.671. The Balaban J connectivity index is 2.01. The molecule has 1 aliphatic rings. The second-order valence-corrected chi connectivity index (χ2v) is 5.18. The van der Waals surface area contributed by atoms with Gasteiger partial charge in [-0.3, -0.25) is 0 Å². The molecule has 15 heavy (non-hydrogen) atoms. The SMILES string of the molecule is CC(CC1CC1)Nc1c(F)cccc1Br. The van der Waals surface area contributed by atoms with Crippen LogP contribution in [-0.4, -0.2) is 6.04 Å². The average molecular weight is 272 g/mol. The van der Waals surface area contributed by atoms with Gasteiger partial charge < -0.3 is 5.32 Å². The molecule has 1 N–H and O–H groups in total. The lowest BCUT2D eigenvalue weighted by molar-refractivity contribution is 0.609. The predicted molar refractivity (Wildman–Crippen MR) is 64.5 cm³/mol. The predicted octanol–water partition coefficient (Wildman–Crippen LogP) is 4.19. The van der Waals surface area contributed by atoms with Crippen LogP contribution in [0.3, 0.4) is 0 Å². The van der Waals surface area contributed by atoms with Gasteiger partial charge in [-0.2, -0.15) is 0 Å². The molecule has 1 aromatic carbocycles. The van der Waals surface area contributed by atoms with Crippen molar-refractivity contribution in [1.82, 2.24) is 0 Å². The summed E-state index contributed by atoms with van der Waals surface area (Å²) in [4.78, 5) is 0. The zero-order chi connectivity index (χ0) is 10.8. The summed E-state index contributed by atoms with van der Waals surface area (Å²) in [6.45, 7) is 2.11. The topological polar surface area (TPSA) is 12.0 Å². The molecule has 1 aromatic rings. The second kappa shape index (κ2) is 4.52. The molecular weight excluding hydrogens is 257 g/mol. The largest absolute Gasteiger partial charge is 0.379 e. The van der Waals surface area contributed by atoms with E-state index in [4.69, 9.17) is 0 Å². The monoisotopic (exact) mass is 271 g/mol. The molecule has 3 heteroatoms. The van der Waals surface area contributed by atoms with E-state index in [0.717, 1.165) is 16.8 Å². The fraction of sp³-hybridized carbons (Fsp3) is 0.500. The highest BCUT2D eigenvalue weighted by Gasteiger charge is 2.24.